The van der Waals surface area contributed by atoms with Crippen LogP contribution in [0.3, 0.4) is 0 Å². The van der Waals surface area contributed by atoms with E-state index in [1.54, 1.807) is 18.2 Å². The van der Waals surface area contributed by atoms with Crippen molar-refractivity contribution >= 4 is 0 Å². The molecule has 0 aromatic carbocycles. The number of hydrogen-bond acceptors (Lipinski definition) is 2. The van der Waals surface area contributed by atoms with Gasteiger partial charge in [0.05, 0.1) is 0 Å². The van der Waals surface area contributed by atoms with Gasteiger partial charge in [-0.1, -0.05) is 18.2 Å². The number of allylic oxidation sites excluding steroid dienone is 2. The molecule has 1 aliphatic rings. The van der Waals surface area contributed by atoms with Crippen molar-refractivity contribution in [3.8, 4) is 0 Å². The lowest BCUT2D eigenvalue weighted by molar-refractivity contribution is -0.457. The molecule has 0 bridgehead atoms. The Morgan fingerprint density at radius 1 is 1.56 bits per heavy atom. The Hall–Kier alpha value is -1.12. The monoisotopic (exact) mass is 124 g/mol. The SMILES string of the molecule is O=[N+]([O-])[C]1C=CC=CC1. The van der Waals surface area contributed by atoms with Gasteiger partial charge in [0.15, 0.2) is 0 Å². The maximum atomic E-state index is 10.0. The van der Waals surface area contributed by atoms with Crippen molar-refractivity contribution < 1.29 is 4.92 Å². The van der Waals surface area contributed by atoms with Crippen LogP contribution in [0.2, 0.25) is 0 Å². The van der Waals surface area contributed by atoms with Gasteiger partial charge in [-0.2, -0.15) is 0 Å². The van der Waals surface area contributed by atoms with Gasteiger partial charge in [0.1, 0.15) is 0 Å². The Morgan fingerprint density at radius 3 is 2.67 bits per heavy atom. The topological polar surface area (TPSA) is 43.1 Å². The summed E-state index contributed by atoms with van der Waals surface area (Å²) in [5, 5.41) is 10.0. The quantitative estimate of drug-likeness (QED) is 0.390. The number of nitro groups is 1. The highest BCUT2D eigenvalue weighted by atomic mass is 16.6. The largest absolute Gasteiger partial charge is 0.316 e. The van der Waals surface area contributed by atoms with Crippen molar-refractivity contribution in [2.45, 2.75) is 6.42 Å². The first-order valence-electron chi connectivity index (χ1n) is 2.64. The molecule has 0 spiro atoms. The second-order valence-corrected chi connectivity index (χ2v) is 1.74. The molecule has 0 fully saturated rings. The third-order valence-electron chi connectivity index (χ3n) is 1.10. The molecule has 9 heavy (non-hydrogen) atoms. The fourth-order valence-electron chi connectivity index (χ4n) is 0.637. The highest BCUT2D eigenvalue weighted by Crippen LogP contribution is 2.13. The number of hydrogen-bond donors (Lipinski definition) is 0. The van der Waals surface area contributed by atoms with Gasteiger partial charge in [-0.25, -0.2) is 0 Å². The zero-order valence-corrected chi connectivity index (χ0v) is 4.78. The van der Waals surface area contributed by atoms with Crippen LogP contribution in [0.15, 0.2) is 24.3 Å². The highest BCUT2D eigenvalue weighted by molar-refractivity contribution is 5.18. The van der Waals surface area contributed by atoms with Crippen molar-refractivity contribution in [3.05, 3.63) is 40.5 Å². The summed E-state index contributed by atoms with van der Waals surface area (Å²) in [4.78, 5) is 9.68. The van der Waals surface area contributed by atoms with E-state index in [1.807, 2.05) is 0 Å². The first-order chi connectivity index (χ1) is 4.30. The third kappa shape index (κ3) is 1.38. The average molecular weight is 124 g/mol. The summed E-state index contributed by atoms with van der Waals surface area (Å²) in [5.41, 5.74) is 0. The molecule has 1 aliphatic carbocycles. The summed E-state index contributed by atoms with van der Waals surface area (Å²) in [6.07, 6.45) is 7.19. The summed E-state index contributed by atoms with van der Waals surface area (Å²) in [7, 11) is 0. The van der Waals surface area contributed by atoms with Crippen LogP contribution in [0.25, 0.3) is 0 Å². The van der Waals surface area contributed by atoms with Gasteiger partial charge in [0.25, 0.3) is 0 Å². The first-order valence-corrected chi connectivity index (χ1v) is 2.64. The van der Waals surface area contributed by atoms with E-state index in [0.29, 0.717) is 6.42 Å². The van der Waals surface area contributed by atoms with Crippen LogP contribution in [-0.2, 0) is 0 Å². The summed E-state index contributed by atoms with van der Waals surface area (Å²) in [6.45, 7) is 0. The second kappa shape index (κ2) is 2.44. The van der Waals surface area contributed by atoms with Gasteiger partial charge in [0.2, 0.25) is 0 Å². The van der Waals surface area contributed by atoms with Crippen LogP contribution < -0.4 is 0 Å². The predicted molar refractivity (Wildman–Crippen MR) is 33.1 cm³/mol. The van der Waals surface area contributed by atoms with E-state index in [9.17, 15) is 10.1 Å². The zero-order chi connectivity index (χ0) is 6.69. The minimum atomic E-state index is -0.361. The minimum Gasteiger partial charge on any atom is -0.263 e. The molecule has 0 saturated carbocycles. The second-order valence-electron chi connectivity index (χ2n) is 1.74. The van der Waals surface area contributed by atoms with E-state index in [2.05, 4.69) is 0 Å². The molecule has 1 radical (unpaired) electrons. The molecule has 0 heterocycles. The molecule has 0 aromatic rings. The van der Waals surface area contributed by atoms with Crippen LogP contribution in [0.1, 0.15) is 6.42 Å². The Balaban J connectivity index is 2.56. The Labute approximate surface area is 52.8 Å². The maximum absolute atomic E-state index is 10.0. The smallest absolute Gasteiger partial charge is 0.263 e. The van der Waals surface area contributed by atoms with Gasteiger partial charge < -0.3 is 0 Å². The molecular formula is C6H6NO2. The van der Waals surface area contributed by atoms with E-state index in [1.165, 1.54) is 6.08 Å². The fourth-order valence-corrected chi connectivity index (χ4v) is 0.637. The molecule has 0 amide bonds. The van der Waals surface area contributed by atoms with Gasteiger partial charge >= 0.3 is 6.04 Å². The zero-order valence-electron chi connectivity index (χ0n) is 4.78. The third-order valence-corrected chi connectivity index (χ3v) is 1.10. The molecule has 47 valence electrons. The Morgan fingerprint density at radius 2 is 2.33 bits per heavy atom. The molecular weight excluding hydrogens is 118 g/mol. The van der Waals surface area contributed by atoms with Crippen molar-refractivity contribution in [2.75, 3.05) is 0 Å². The van der Waals surface area contributed by atoms with Crippen molar-refractivity contribution in [3.63, 3.8) is 0 Å². The normalized spacial score (nSPS) is 18.2. The van der Waals surface area contributed by atoms with Crippen LogP contribution in [0.5, 0.6) is 0 Å². The lowest BCUT2D eigenvalue weighted by Crippen LogP contribution is -2.06. The van der Waals surface area contributed by atoms with Crippen molar-refractivity contribution in [1.82, 2.24) is 0 Å². The van der Waals surface area contributed by atoms with E-state index < -0.39 is 0 Å². The lowest BCUT2D eigenvalue weighted by Gasteiger charge is -1.99. The molecule has 1 rings (SSSR count). The van der Waals surface area contributed by atoms with Gasteiger partial charge in [-0.15, -0.1) is 0 Å². The van der Waals surface area contributed by atoms with Crippen molar-refractivity contribution in [2.24, 2.45) is 0 Å². The lowest BCUT2D eigenvalue weighted by atomic mass is 10.1. The summed E-state index contributed by atoms with van der Waals surface area (Å²) < 4.78 is 0. The first kappa shape index (κ1) is 6.01. The van der Waals surface area contributed by atoms with Crippen LogP contribution in [0, 0.1) is 16.2 Å². The fraction of sp³-hybridized carbons (Fsp3) is 0.167. The summed E-state index contributed by atoms with van der Waals surface area (Å²) in [5.74, 6) is 0. The van der Waals surface area contributed by atoms with Crippen LogP contribution in [-0.4, -0.2) is 4.92 Å². The number of nitrogens with zero attached hydrogens (tertiary/aromatic N) is 1. The minimum absolute atomic E-state index is 0.262. The van der Waals surface area contributed by atoms with E-state index >= 15 is 0 Å². The van der Waals surface area contributed by atoms with E-state index in [0.717, 1.165) is 0 Å². The molecule has 0 saturated heterocycles. The highest BCUT2D eigenvalue weighted by Gasteiger charge is 2.17. The summed E-state index contributed by atoms with van der Waals surface area (Å²) >= 11 is 0. The molecule has 3 nitrogen and oxygen atoms in total. The number of rotatable bonds is 1. The molecule has 0 aliphatic heterocycles. The van der Waals surface area contributed by atoms with Crippen molar-refractivity contribution in [1.29, 1.82) is 0 Å². The average Bonchev–Trinajstić information content (AvgIpc) is 1.90. The summed E-state index contributed by atoms with van der Waals surface area (Å²) in [6, 6.07) is 0.262. The molecule has 0 unspecified atom stereocenters. The predicted octanol–water partition coefficient (Wildman–Crippen LogP) is 1.31. The molecule has 3 heteroatoms. The van der Waals surface area contributed by atoms with Gasteiger partial charge in [-0.3, -0.25) is 10.1 Å². The molecule has 0 atom stereocenters. The maximum Gasteiger partial charge on any atom is 0.316 e. The van der Waals surface area contributed by atoms with Gasteiger partial charge in [-0.05, 0) is 0 Å². The Kier molecular flexibility index (Phi) is 1.63. The standard InChI is InChI=1S/C6H6NO2/c8-7(9)6-4-2-1-3-5-6/h1-4H,5H2. The van der Waals surface area contributed by atoms with Gasteiger partial charge in [0, 0.05) is 17.4 Å². The van der Waals surface area contributed by atoms with E-state index in [-0.39, 0.29) is 11.0 Å². The van der Waals surface area contributed by atoms with E-state index in [4.69, 9.17) is 0 Å². The molecule has 0 aromatic heterocycles. The Bertz CT molecular complexity index is 172. The van der Waals surface area contributed by atoms with Crippen LogP contribution >= 0.6 is 0 Å². The molecule has 0 N–H and O–H groups in total. The van der Waals surface area contributed by atoms with Crippen LogP contribution in [0.4, 0.5) is 0 Å².